The monoisotopic (exact) mass is 383 g/mol. The molecular formula is C25H50FN. The van der Waals surface area contributed by atoms with Gasteiger partial charge in [-0.2, -0.15) is 0 Å². The first-order chi connectivity index (χ1) is 11.8. The molecule has 0 aromatic carbocycles. The Hall–Kier alpha value is -0.110. The number of halogens is 1. The summed E-state index contributed by atoms with van der Waals surface area (Å²) in [6.45, 7) is 28.1. The van der Waals surface area contributed by atoms with Crippen LogP contribution in [0.15, 0.2) is 0 Å². The zero-order valence-electron chi connectivity index (χ0n) is 20.7. The van der Waals surface area contributed by atoms with Crippen LogP contribution in [0.3, 0.4) is 0 Å². The van der Waals surface area contributed by atoms with Gasteiger partial charge in [0.25, 0.3) is 0 Å². The first kappa shape index (κ1) is 24.9. The van der Waals surface area contributed by atoms with Crippen LogP contribution in [0, 0.1) is 28.1 Å². The second-order valence-electron chi connectivity index (χ2n) is 13.4. The quantitative estimate of drug-likeness (QED) is 0.413. The molecule has 0 bridgehead atoms. The fourth-order valence-corrected chi connectivity index (χ4v) is 5.38. The molecule has 0 spiro atoms. The lowest BCUT2D eigenvalue weighted by Gasteiger charge is -2.42. The molecule has 1 aliphatic carbocycles. The van der Waals surface area contributed by atoms with Crippen LogP contribution in [0.2, 0.25) is 0 Å². The molecule has 1 aliphatic heterocycles. The molecule has 0 amide bonds. The van der Waals surface area contributed by atoms with Crippen molar-refractivity contribution < 1.29 is 4.39 Å². The Labute approximate surface area is 170 Å². The van der Waals surface area contributed by atoms with Gasteiger partial charge in [-0.05, 0) is 68.1 Å². The molecule has 162 valence electrons. The number of nitrogens with zero attached hydrogens (tertiary/aromatic N) is 1. The highest BCUT2D eigenvalue weighted by atomic mass is 19.1. The molecule has 2 heteroatoms. The maximum absolute atomic E-state index is 13.4. The van der Waals surface area contributed by atoms with Gasteiger partial charge >= 0.3 is 0 Å². The maximum atomic E-state index is 13.4. The molecule has 2 aliphatic rings. The van der Waals surface area contributed by atoms with Gasteiger partial charge in [-0.1, -0.05) is 68.7 Å². The molecule has 2 rings (SSSR count). The molecule has 1 nitrogen and oxygen atoms in total. The van der Waals surface area contributed by atoms with Crippen LogP contribution >= 0.6 is 0 Å². The summed E-state index contributed by atoms with van der Waals surface area (Å²) in [5, 5.41) is 0. The lowest BCUT2D eigenvalue weighted by Crippen LogP contribution is -2.49. The topological polar surface area (TPSA) is 3.24 Å². The molecule has 0 N–H and O–H groups in total. The zero-order chi connectivity index (χ0) is 21.4. The SMILES string of the molecule is CC(C)(C)C1CC(F)CN1C(C)(C)C.CC(C)(C)C1CCCC1C(C)(C)C. The van der Waals surface area contributed by atoms with Gasteiger partial charge in [0.2, 0.25) is 0 Å². The fraction of sp³-hybridized carbons (Fsp3) is 1.00. The van der Waals surface area contributed by atoms with Crippen LogP contribution in [0.5, 0.6) is 0 Å². The van der Waals surface area contributed by atoms with E-state index in [-0.39, 0.29) is 11.0 Å². The summed E-state index contributed by atoms with van der Waals surface area (Å²) in [4.78, 5) is 2.32. The van der Waals surface area contributed by atoms with E-state index in [0.717, 1.165) is 11.8 Å². The second-order valence-corrected chi connectivity index (χ2v) is 13.4. The van der Waals surface area contributed by atoms with Crippen molar-refractivity contribution in [3.05, 3.63) is 0 Å². The van der Waals surface area contributed by atoms with Crippen molar-refractivity contribution in [1.82, 2.24) is 4.90 Å². The van der Waals surface area contributed by atoms with Crippen LogP contribution in [0.4, 0.5) is 4.39 Å². The van der Waals surface area contributed by atoms with Crippen molar-refractivity contribution in [2.45, 2.75) is 127 Å². The number of alkyl halides is 1. The molecular weight excluding hydrogens is 333 g/mol. The number of rotatable bonds is 0. The third-order valence-corrected chi connectivity index (χ3v) is 6.85. The van der Waals surface area contributed by atoms with E-state index in [1.54, 1.807) is 0 Å². The van der Waals surface area contributed by atoms with E-state index in [2.05, 4.69) is 88.0 Å². The Morgan fingerprint density at radius 1 is 0.667 bits per heavy atom. The van der Waals surface area contributed by atoms with E-state index in [9.17, 15) is 4.39 Å². The van der Waals surface area contributed by atoms with Crippen molar-refractivity contribution in [3.8, 4) is 0 Å². The third-order valence-electron chi connectivity index (χ3n) is 6.85. The Kier molecular flexibility index (Phi) is 7.69. The van der Waals surface area contributed by atoms with Crippen LogP contribution in [-0.4, -0.2) is 29.2 Å². The van der Waals surface area contributed by atoms with Crippen LogP contribution < -0.4 is 0 Å². The smallest absolute Gasteiger partial charge is 0.114 e. The van der Waals surface area contributed by atoms with E-state index in [1.807, 2.05) is 0 Å². The van der Waals surface area contributed by atoms with Gasteiger partial charge in [-0.25, -0.2) is 4.39 Å². The van der Waals surface area contributed by atoms with E-state index >= 15 is 0 Å². The summed E-state index contributed by atoms with van der Waals surface area (Å²) in [6.07, 6.45) is 4.40. The first-order valence-corrected chi connectivity index (χ1v) is 11.3. The largest absolute Gasteiger partial charge is 0.292 e. The van der Waals surface area contributed by atoms with Gasteiger partial charge in [0.05, 0.1) is 0 Å². The van der Waals surface area contributed by atoms with E-state index in [0.29, 0.717) is 29.8 Å². The van der Waals surface area contributed by atoms with E-state index < -0.39 is 6.17 Å². The van der Waals surface area contributed by atoms with E-state index in [4.69, 9.17) is 0 Å². The lowest BCUT2D eigenvalue weighted by atomic mass is 9.66. The van der Waals surface area contributed by atoms with Gasteiger partial charge in [0.15, 0.2) is 0 Å². The van der Waals surface area contributed by atoms with Crippen LogP contribution in [0.25, 0.3) is 0 Å². The molecule has 1 saturated heterocycles. The molecule has 0 aromatic rings. The maximum Gasteiger partial charge on any atom is 0.114 e. The highest BCUT2D eigenvalue weighted by Crippen LogP contribution is 2.50. The van der Waals surface area contributed by atoms with Gasteiger partial charge in [-0.15, -0.1) is 0 Å². The summed E-state index contributed by atoms with van der Waals surface area (Å²) in [5.41, 5.74) is 1.27. The number of likely N-dealkylation sites (tertiary alicyclic amines) is 1. The number of hydrogen-bond donors (Lipinski definition) is 0. The lowest BCUT2D eigenvalue weighted by molar-refractivity contribution is 0.0570. The number of hydrogen-bond acceptors (Lipinski definition) is 1. The highest BCUT2D eigenvalue weighted by molar-refractivity contribution is 4.97. The van der Waals surface area contributed by atoms with Gasteiger partial charge in [0.1, 0.15) is 6.17 Å². The summed E-state index contributed by atoms with van der Waals surface area (Å²) < 4.78 is 13.4. The predicted octanol–water partition coefficient (Wildman–Crippen LogP) is 7.74. The van der Waals surface area contributed by atoms with E-state index in [1.165, 1.54) is 19.3 Å². The van der Waals surface area contributed by atoms with Gasteiger partial charge in [0, 0.05) is 18.1 Å². The second kappa shape index (κ2) is 8.33. The normalized spacial score (nSPS) is 31.0. The minimum Gasteiger partial charge on any atom is -0.292 e. The van der Waals surface area contributed by atoms with Gasteiger partial charge in [-0.3, -0.25) is 4.90 Å². The fourth-order valence-electron chi connectivity index (χ4n) is 5.38. The average Bonchev–Trinajstić information content (AvgIpc) is 3.01. The van der Waals surface area contributed by atoms with Crippen molar-refractivity contribution in [1.29, 1.82) is 0 Å². The van der Waals surface area contributed by atoms with Crippen LogP contribution in [0.1, 0.15) is 109 Å². The molecule has 1 heterocycles. The third kappa shape index (κ3) is 7.02. The molecule has 0 radical (unpaired) electrons. The molecule has 0 aromatic heterocycles. The van der Waals surface area contributed by atoms with Crippen molar-refractivity contribution >= 4 is 0 Å². The van der Waals surface area contributed by atoms with Crippen molar-refractivity contribution in [2.75, 3.05) is 6.54 Å². The summed E-state index contributed by atoms with van der Waals surface area (Å²) in [6, 6.07) is 0.373. The molecule has 27 heavy (non-hydrogen) atoms. The molecule has 2 fully saturated rings. The Balaban J connectivity index is 0.000000271. The first-order valence-electron chi connectivity index (χ1n) is 11.3. The summed E-state index contributed by atoms with van der Waals surface area (Å²) in [7, 11) is 0. The molecule has 4 atom stereocenters. The standard InChI is InChI=1S/C13H26.C12H24FN/c1-12(2,3)10-8-7-9-11(10)13(4,5)6;1-11(2,3)10-7-9(13)8-14(10)12(4,5)6/h10-11H,7-9H2,1-6H3;9-10H,7-8H2,1-6H3. The average molecular weight is 384 g/mol. The Bertz CT molecular complexity index is 413. The van der Waals surface area contributed by atoms with Gasteiger partial charge < -0.3 is 0 Å². The Morgan fingerprint density at radius 2 is 1.07 bits per heavy atom. The molecule has 4 unspecified atom stereocenters. The van der Waals surface area contributed by atoms with Crippen LogP contribution in [-0.2, 0) is 0 Å². The van der Waals surface area contributed by atoms with Crippen molar-refractivity contribution in [2.24, 2.45) is 28.1 Å². The summed E-state index contributed by atoms with van der Waals surface area (Å²) in [5.74, 6) is 1.87. The Morgan fingerprint density at radius 3 is 1.33 bits per heavy atom. The predicted molar refractivity (Wildman–Crippen MR) is 119 cm³/mol. The molecule has 1 saturated carbocycles. The summed E-state index contributed by atoms with van der Waals surface area (Å²) >= 11 is 0. The minimum absolute atomic E-state index is 0.0821. The zero-order valence-corrected chi connectivity index (χ0v) is 20.7. The van der Waals surface area contributed by atoms with Crippen molar-refractivity contribution in [3.63, 3.8) is 0 Å². The minimum atomic E-state index is -0.640. The highest BCUT2D eigenvalue weighted by Gasteiger charge is 2.43.